The summed E-state index contributed by atoms with van der Waals surface area (Å²) in [7, 11) is 1.92. The van der Waals surface area contributed by atoms with Gasteiger partial charge in [-0.1, -0.05) is 6.92 Å². The van der Waals surface area contributed by atoms with Crippen molar-refractivity contribution in [2.75, 3.05) is 33.2 Å². The maximum absolute atomic E-state index is 12.7. The summed E-state index contributed by atoms with van der Waals surface area (Å²) in [6.07, 6.45) is 0.626. The molecular weight excluding hydrogens is 286 g/mol. The van der Waals surface area contributed by atoms with Crippen molar-refractivity contribution >= 4 is 11.9 Å². The molecule has 7 heteroatoms. The normalized spacial score (nSPS) is 28.1. The van der Waals surface area contributed by atoms with Crippen molar-refractivity contribution in [1.29, 1.82) is 0 Å². The topological polar surface area (TPSA) is 86.9 Å². The molecule has 1 amide bonds. The molecule has 1 aromatic heterocycles. The number of fused-ring (bicyclic) bond motifs is 1. The fraction of sp³-hybridized carbons (Fsp3) is 0.667. The number of hydrogen-bond acceptors (Lipinski definition) is 5. The summed E-state index contributed by atoms with van der Waals surface area (Å²) >= 11 is 0. The third kappa shape index (κ3) is 2.11. The highest BCUT2D eigenvalue weighted by Crippen LogP contribution is 2.42. The van der Waals surface area contributed by atoms with Gasteiger partial charge in [0.15, 0.2) is 5.89 Å². The van der Waals surface area contributed by atoms with Crippen LogP contribution in [0, 0.1) is 18.3 Å². The Balaban J connectivity index is 1.84. The molecule has 0 aromatic carbocycles. The SMILES string of the molecule is CCc1nc(C)c(C(=O)N2C[C@H]3CN(C)C[C@@]3(C(=O)O)C2)o1. The molecule has 120 valence electrons. The zero-order valence-corrected chi connectivity index (χ0v) is 13.1. The lowest BCUT2D eigenvalue weighted by Crippen LogP contribution is -2.41. The number of amides is 1. The molecule has 2 saturated heterocycles. The van der Waals surface area contributed by atoms with E-state index >= 15 is 0 Å². The average Bonchev–Trinajstić information content (AvgIpc) is 3.08. The van der Waals surface area contributed by atoms with Gasteiger partial charge in [-0.15, -0.1) is 0 Å². The van der Waals surface area contributed by atoms with E-state index in [2.05, 4.69) is 4.98 Å². The van der Waals surface area contributed by atoms with Gasteiger partial charge in [-0.3, -0.25) is 9.59 Å². The van der Waals surface area contributed by atoms with Crippen molar-refractivity contribution in [3.63, 3.8) is 0 Å². The second-order valence-corrected chi connectivity index (χ2v) is 6.42. The summed E-state index contributed by atoms with van der Waals surface area (Å²) in [6, 6.07) is 0. The Morgan fingerprint density at radius 1 is 1.41 bits per heavy atom. The average molecular weight is 307 g/mol. The van der Waals surface area contributed by atoms with Crippen molar-refractivity contribution in [2.24, 2.45) is 11.3 Å². The second-order valence-electron chi connectivity index (χ2n) is 6.42. The van der Waals surface area contributed by atoms with Gasteiger partial charge < -0.3 is 19.3 Å². The molecule has 0 unspecified atom stereocenters. The van der Waals surface area contributed by atoms with Crippen LogP contribution in [0.15, 0.2) is 4.42 Å². The van der Waals surface area contributed by atoms with Crippen LogP contribution < -0.4 is 0 Å². The van der Waals surface area contributed by atoms with E-state index in [0.29, 0.717) is 37.6 Å². The predicted molar refractivity (Wildman–Crippen MR) is 77.6 cm³/mol. The highest BCUT2D eigenvalue weighted by Gasteiger charge is 2.58. The molecule has 3 heterocycles. The highest BCUT2D eigenvalue weighted by atomic mass is 16.4. The summed E-state index contributed by atoms with van der Waals surface area (Å²) in [5, 5.41) is 9.66. The van der Waals surface area contributed by atoms with Crippen LogP contribution in [0.5, 0.6) is 0 Å². The van der Waals surface area contributed by atoms with Crippen molar-refractivity contribution in [1.82, 2.24) is 14.8 Å². The minimum atomic E-state index is -0.855. The smallest absolute Gasteiger partial charge is 0.313 e. The molecule has 22 heavy (non-hydrogen) atoms. The molecule has 7 nitrogen and oxygen atoms in total. The van der Waals surface area contributed by atoms with Gasteiger partial charge in [-0.25, -0.2) is 4.98 Å². The Hall–Kier alpha value is -1.89. The summed E-state index contributed by atoms with van der Waals surface area (Å²) < 4.78 is 5.51. The largest absolute Gasteiger partial charge is 0.481 e. The molecular formula is C15H21N3O4. The number of oxazole rings is 1. The number of aryl methyl sites for hydroxylation is 2. The van der Waals surface area contributed by atoms with Gasteiger partial charge in [-0.2, -0.15) is 0 Å². The number of aliphatic carboxylic acids is 1. The second kappa shape index (κ2) is 5.08. The van der Waals surface area contributed by atoms with E-state index in [-0.39, 0.29) is 24.1 Å². The van der Waals surface area contributed by atoms with Crippen molar-refractivity contribution in [2.45, 2.75) is 20.3 Å². The maximum atomic E-state index is 12.7. The third-order valence-electron chi connectivity index (χ3n) is 4.83. The van der Waals surface area contributed by atoms with Crippen molar-refractivity contribution < 1.29 is 19.1 Å². The van der Waals surface area contributed by atoms with Crippen LogP contribution in [0.25, 0.3) is 0 Å². The highest BCUT2D eigenvalue weighted by molar-refractivity contribution is 5.93. The van der Waals surface area contributed by atoms with E-state index < -0.39 is 11.4 Å². The number of carbonyl (C=O) groups excluding carboxylic acids is 1. The molecule has 2 aliphatic rings. The molecule has 0 radical (unpaired) electrons. The lowest BCUT2D eigenvalue weighted by molar-refractivity contribution is -0.148. The Kier molecular flexibility index (Phi) is 3.47. The summed E-state index contributed by atoms with van der Waals surface area (Å²) in [4.78, 5) is 32.3. The van der Waals surface area contributed by atoms with Crippen molar-refractivity contribution in [3.05, 3.63) is 17.3 Å². The molecule has 2 fully saturated rings. The number of hydrogen-bond donors (Lipinski definition) is 1. The van der Waals surface area contributed by atoms with Crippen LogP contribution in [0.1, 0.15) is 29.1 Å². The zero-order valence-electron chi connectivity index (χ0n) is 13.1. The molecule has 0 bridgehead atoms. The van der Waals surface area contributed by atoms with Crippen LogP contribution in [-0.2, 0) is 11.2 Å². The first kappa shape index (κ1) is 15.0. The maximum Gasteiger partial charge on any atom is 0.313 e. The molecule has 2 aliphatic heterocycles. The summed E-state index contributed by atoms with van der Waals surface area (Å²) in [6.45, 7) is 5.52. The first-order valence-corrected chi connectivity index (χ1v) is 7.55. The lowest BCUT2D eigenvalue weighted by atomic mass is 9.81. The van der Waals surface area contributed by atoms with Crippen LogP contribution in [0.4, 0.5) is 0 Å². The van der Waals surface area contributed by atoms with Crippen LogP contribution >= 0.6 is 0 Å². The molecule has 3 rings (SSSR count). The van der Waals surface area contributed by atoms with Crippen LogP contribution in [0.2, 0.25) is 0 Å². The Labute approximate surface area is 128 Å². The zero-order chi connectivity index (χ0) is 16.1. The quantitative estimate of drug-likeness (QED) is 0.881. The number of aromatic nitrogens is 1. The van der Waals surface area contributed by atoms with Gasteiger partial charge >= 0.3 is 5.97 Å². The van der Waals surface area contributed by atoms with E-state index in [1.807, 2.05) is 18.9 Å². The molecule has 0 spiro atoms. The number of carbonyl (C=O) groups is 2. The van der Waals surface area contributed by atoms with E-state index in [0.717, 1.165) is 0 Å². The first-order chi connectivity index (χ1) is 10.4. The Morgan fingerprint density at radius 3 is 2.68 bits per heavy atom. The number of likely N-dealkylation sites (tertiary alicyclic amines) is 2. The molecule has 1 aromatic rings. The van der Waals surface area contributed by atoms with E-state index in [1.54, 1.807) is 11.8 Å². The standard InChI is InChI=1S/C15H21N3O4/c1-4-11-16-9(2)12(22-11)13(19)18-6-10-5-17(3)7-15(10,8-18)14(20)21/h10H,4-8H2,1-3H3,(H,20,21)/t10-,15-/m1/s1. The molecule has 1 N–H and O–H groups in total. The van der Waals surface area contributed by atoms with E-state index in [4.69, 9.17) is 4.42 Å². The fourth-order valence-corrected chi connectivity index (χ4v) is 3.72. The Morgan fingerprint density at radius 2 is 2.14 bits per heavy atom. The number of carboxylic acid groups (broad SMARTS) is 1. The minimum Gasteiger partial charge on any atom is -0.481 e. The molecule has 2 atom stereocenters. The Bertz CT molecular complexity index is 626. The summed E-state index contributed by atoms with van der Waals surface area (Å²) in [5.41, 5.74) is -0.285. The summed E-state index contributed by atoms with van der Waals surface area (Å²) in [5.74, 6) is -0.325. The lowest BCUT2D eigenvalue weighted by Gasteiger charge is -2.23. The van der Waals surface area contributed by atoms with Gasteiger partial charge in [-0.05, 0) is 14.0 Å². The monoisotopic (exact) mass is 307 g/mol. The van der Waals surface area contributed by atoms with Crippen LogP contribution in [-0.4, -0.2) is 65.0 Å². The van der Waals surface area contributed by atoms with Crippen molar-refractivity contribution in [3.8, 4) is 0 Å². The minimum absolute atomic E-state index is 0.0344. The molecule has 0 aliphatic carbocycles. The predicted octanol–water partition coefficient (Wildman–Crippen LogP) is 0.634. The van der Waals surface area contributed by atoms with E-state index in [1.165, 1.54) is 0 Å². The fourth-order valence-electron chi connectivity index (χ4n) is 3.72. The van der Waals surface area contributed by atoms with Gasteiger partial charge in [0.05, 0.1) is 5.69 Å². The van der Waals surface area contributed by atoms with Gasteiger partial charge in [0.1, 0.15) is 5.41 Å². The van der Waals surface area contributed by atoms with Crippen LogP contribution in [0.3, 0.4) is 0 Å². The molecule has 0 saturated carbocycles. The number of nitrogens with zero attached hydrogens (tertiary/aromatic N) is 3. The van der Waals surface area contributed by atoms with E-state index in [9.17, 15) is 14.7 Å². The number of rotatable bonds is 3. The first-order valence-electron chi connectivity index (χ1n) is 7.55. The third-order valence-corrected chi connectivity index (χ3v) is 4.83. The van der Waals surface area contributed by atoms with Gasteiger partial charge in [0, 0.05) is 38.5 Å². The number of carboxylic acids is 1. The van der Waals surface area contributed by atoms with Gasteiger partial charge in [0.25, 0.3) is 5.91 Å². The van der Waals surface area contributed by atoms with Gasteiger partial charge in [0.2, 0.25) is 5.76 Å².